The first-order valence-electron chi connectivity index (χ1n) is 6.29. The Bertz CT molecular complexity index is 748. The van der Waals surface area contributed by atoms with Crippen LogP contribution >= 0.6 is 0 Å². The van der Waals surface area contributed by atoms with Crippen molar-refractivity contribution >= 4 is 17.0 Å². The van der Waals surface area contributed by atoms with Gasteiger partial charge in [0.25, 0.3) is 0 Å². The summed E-state index contributed by atoms with van der Waals surface area (Å²) in [6.07, 6.45) is 1.37. The Hall–Kier alpha value is -2.81. The Balaban J connectivity index is 1.85. The van der Waals surface area contributed by atoms with Gasteiger partial charge in [-0.25, -0.2) is 0 Å². The van der Waals surface area contributed by atoms with Crippen LogP contribution in [0.5, 0.6) is 11.5 Å². The summed E-state index contributed by atoms with van der Waals surface area (Å²) in [7, 11) is 0. The van der Waals surface area contributed by atoms with Crippen LogP contribution in [0, 0.1) is 0 Å². The minimum Gasteiger partial charge on any atom is -0.457 e. The highest BCUT2D eigenvalue weighted by Crippen LogP contribution is 2.25. The van der Waals surface area contributed by atoms with E-state index in [1.54, 1.807) is 0 Å². The molecule has 0 heterocycles. The van der Waals surface area contributed by atoms with Crippen molar-refractivity contribution in [3.63, 3.8) is 0 Å². The molecule has 0 atom stereocenters. The highest BCUT2D eigenvalue weighted by atomic mass is 16.5. The minimum atomic E-state index is 0.746. The number of rotatable bonds is 3. The average Bonchev–Trinajstić information content (AvgIpc) is 2.49. The van der Waals surface area contributed by atoms with Crippen molar-refractivity contribution in [1.29, 1.82) is 0 Å². The van der Waals surface area contributed by atoms with Crippen LogP contribution in [0.15, 0.2) is 71.9 Å². The third kappa shape index (κ3) is 2.62. The normalized spacial score (nSPS) is 11.0. The maximum atomic E-state index is 8.46. The van der Waals surface area contributed by atoms with Crippen LogP contribution in [0.3, 0.4) is 0 Å². The first kappa shape index (κ1) is 12.2. The van der Waals surface area contributed by atoms with Gasteiger partial charge in [0.05, 0.1) is 6.21 Å². The van der Waals surface area contributed by atoms with E-state index in [0.29, 0.717) is 0 Å². The van der Waals surface area contributed by atoms with Crippen LogP contribution in [-0.2, 0) is 0 Å². The fraction of sp³-hybridized carbons (Fsp3) is 0. The standard InChI is InChI=1S/C17H13NO2/c19-18-12-13-5-8-16(9-6-13)20-17-10-7-14-3-1-2-4-15(14)11-17/h1-12,19H. The molecule has 98 valence electrons. The van der Waals surface area contributed by atoms with Gasteiger partial charge in [0.2, 0.25) is 0 Å². The summed E-state index contributed by atoms with van der Waals surface area (Å²) < 4.78 is 5.81. The van der Waals surface area contributed by atoms with Gasteiger partial charge in [0.1, 0.15) is 11.5 Å². The van der Waals surface area contributed by atoms with Gasteiger partial charge in [-0.3, -0.25) is 0 Å². The zero-order valence-electron chi connectivity index (χ0n) is 10.7. The SMILES string of the molecule is ON=Cc1ccc(Oc2ccc3ccccc3c2)cc1. The number of ether oxygens (including phenoxy) is 1. The molecule has 3 aromatic carbocycles. The van der Waals surface area contributed by atoms with E-state index in [1.807, 2.05) is 54.6 Å². The van der Waals surface area contributed by atoms with Crippen LogP contribution in [-0.4, -0.2) is 11.4 Å². The zero-order valence-corrected chi connectivity index (χ0v) is 10.7. The Labute approximate surface area is 116 Å². The number of fused-ring (bicyclic) bond motifs is 1. The lowest BCUT2D eigenvalue weighted by atomic mass is 10.1. The molecule has 1 N–H and O–H groups in total. The van der Waals surface area contributed by atoms with E-state index in [9.17, 15) is 0 Å². The van der Waals surface area contributed by atoms with E-state index >= 15 is 0 Å². The second kappa shape index (κ2) is 5.45. The van der Waals surface area contributed by atoms with Crippen LogP contribution in [0.25, 0.3) is 10.8 Å². The topological polar surface area (TPSA) is 41.8 Å². The van der Waals surface area contributed by atoms with Crippen molar-refractivity contribution < 1.29 is 9.94 Å². The number of hydrogen-bond acceptors (Lipinski definition) is 3. The molecule has 0 saturated carbocycles. The Morgan fingerprint density at radius 3 is 2.25 bits per heavy atom. The maximum Gasteiger partial charge on any atom is 0.128 e. The lowest BCUT2D eigenvalue weighted by Gasteiger charge is -2.07. The molecule has 0 radical (unpaired) electrons. The molecule has 0 bridgehead atoms. The summed E-state index contributed by atoms with van der Waals surface area (Å²) in [5.74, 6) is 1.54. The molecule has 0 spiro atoms. The van der Waals surface area contributed by atoms with Crippen LogP contribution in [0.2, 0.25) is 0 Å². The largest absolute Gasteiger partial charge is 0.457 e. The molecule has 0 saturated heterocycles. The molecular formula is C17H13NO2. The molecule has 0 amide bonds. The van der Waals surface area contributed by atoms with Crippen molar-refractivity contribution in [3.05, 3.63) is 72.3 Å². The summed E-state index contributed by atoms with van der Waals surface area (Å²) in [5, 5.41) is 13.8. The monoisotopic (exact) mass is 263 g/mol. The van der Waals surface area contributed by atoms with Gasteiger partial charge >= 0.3 is 0 Å². The summed E-state index contributed by atoms with van der Waals surface area (Å²) in [5.41, 5.74) is 0.818. The summed E-state index contributed by atoms with van der Waals surface area (Å²) >= 11 is 0. The van der Waals surface area contributed by atoms with Crippen LogP contribution in [0.1, 0.15) is 5.56 Å². The molecule has 0 fully saturated rings. The number of benzene rings is 3. The van der Waals surface area contributed by atoms with Crippen molar-refractivity contribution in [2.24, 2.45) is 5.16 Å². The van der Waals surface area contributed by atoms with Gasteiger partial charge < -0.3 is 9.94 Å². The summed E-state index contributed by atoms with van der Waals surface area (Å²) in [6, 6.07) is 21.5. The van der Waals surface area contributed by atoms with Gasteiger partial charge in [-0.05, 0) is 52.7 Å². The predicted octanol–water partition coefficient (Wildman–Crippen LogP) is 4.44. The molecule has 0 aliphatic rings. The van der Waals surface area contributed by atoms with Crippen molar-refractivity contribution in [3.8, 4) is 11.5 Å². The average molecular weight is 263 g/mol. The Kier molecular flexibility index (Phi) is 3.33. The van der Waals surface area contributed by atoms with E-state index in [2.05, 4.69) is 17.3 Å². The number of oxime groups is 1. The second-order valence-corrected chi connectivity index (χ2v) is 4.42. The smallest absolute Gasteiger partial charge is 0.128 e. The third-order valence-electron chi connectivity index (χ3n) is 3.04. The second-order valence-electron chi connectivity index (χ2n) is 4.42. The lowest BCUT2D eigenvalue weighted by Crippen LogP contribution is -1.86. The minimum absolute atomic E-state index is 0.746. The number of hydrogen-bond donors (Lipinski definition) is 1. The van der Waals surface area contributed by atoms with Gasteiger partial charge in [0, 0.05) is 0 Å². The molecule has 20 heavy (non-hydrogen) atoms. The molecule has 0 unspecified atom stereocenters. The van der Waals surface area contributed by atoms with Crippen molar-refractivity contribution in [2.45, 2.75) is 0 Å². The fourth-order valence-corrected chi connectivity index (χ4v) is 2.06. The summed E-state index contributed by atoms with van der Waals surface area (Å²) in [6.45, 7) is 0. The molecule has 0 aromatic heterocycles. The molecule has 0 aliphatic heterocycles. The van der Waals surface area contributed by atoms with Crippen LogP contribution < -0.4 is 4.74 Å². The molecule has 3 nitrogen and oxygen atoms in total. The van der Waals surface area contributed by atoms with E-state index in [4.69, 9.17) is 9.94 Å². The van der Waals surface area contributed by atoms with E-state index in [0.717, 1.165) is 22.4 Å². The first-order valence-corrected chi connectivity index (χ1v) is 6.29. The highest BCUT2D eigenvalue weighted by Gasteiger charge is 1.99. The van der Waals surface area contributed by atoms with Gasteiger partial charge in [-0.1, -0.05) is 35.5 Å². The van der Waals surface area contributed by atoms with E-state index in [-0.39, 0.29) is 0 Å². The van der Waals surface area contributed by atoms with Crippen molar-refractivity contribution in [2.75, 3.05) is 0 Å². The van der Waals surface area contributed by atoms with E-state index in [1.165, 1.54) is 11.6 Å². The Morgan fingerprint density at radius 1 is 0.800 bits per heavy atom. The van der Waals surface area contributed by atoms with Gasteiger partial charge in [0.15, 0.2) is 0 Å². The molecular weight excluding hydrogens is 250 g/mol. The predicted molar refractivity (Wildman–Crippen MR) is 79.8 cm³/mol. The lowest BCUT2D eigenvalue weighted by molar-refractivity contribution is 0.322. The molecule has 3 heteroatoms. The maximum absolute atomic E-state index is 8.46. The van der Waals surface area contributed by atoms with Crippen LogP contribution in [0.4, 0.5) is 0 Å². The summed E-state index contributed by atoms with van der Waals surface area (Å²) in [4.78, 5) is 0. The van der Waals surface area contributed by atoms with Gasteiger partial charge in [-0.2, -0.15) is 0 Å². The first-order chi connectivity index (χ1) is 9.85. The molecule has 0 aliphatic carbocycles. The fourth-order valence-electron chi connectivity index (χ4n) is 2.06. The third-order valence-corrected chi connectivity index (χ3v) is 3.04. The van der Waals surface area contributed by atoms with Crippen molar-refractivity contribution in [1.82, 2.24) is 0 Å². The van der Waals surface area contributed by atoms with Gasteiger partial charge in [-0.15, -0.1) is 0 Å². The van der Waals surface area contributed by atoms with E-state index < -0.39 is 0 Å². The molecule has 3 rings (SSSR count). The zero-order chi connectivity index (χ0) is 13.8. The quantitative estimate of drug-likeness (QED) is 0.431. The molecule has 3 aromatic rings. The highest BCUT2D eigenvalue weighted by molar-refractivity contribution is 5.83. The Morgan fingerprint density at radius 2 is 1.50 bits per heavy atom. The number of nitrogens with zero attached hydrogens (tertiary/aromatic N) is 1.